The Kier molecular flexibility index (Phi) is 12.0. The number of rotatable bonds is 14. The summed E-state index contributed by atoms with van der Waals surface area (Å²) in [6.45, 7) is -1.24. The van der Waals surface area contributed by atoms with E-state index < -0.39 is 120 Å². The van der Waals surface area contributed by atoms with Crippen LogP contribution >= 0.6 is 15.6 Å². The van der Waals surface area contributed by atoms with Gasteiger partial charge in [-0.2, -0.15) is 4.98 Å². The topological polar surface area (TPSA) is 406 Å². The van der Waals surface area contributed by atoms with Gasteiger partial charge in [0.15, 0.2) is 23.9 Å². The van der Waals surface area contributed by atoms with Crippen LogP contribution in [0.15, 0.2) is 45.5 Å². The monoisotopic (exact) mass is 876 g/mol. The molecule has 3 aliphatic heterocycles. The van der Waals surface area contributed by atoms with Gasteiger partial charge in [-0.15, -0.1) is 0 Å². The summed E-state index contributed by atoms with van der Waals surface area (Å²) in [7, 11) is -10.6. The van der Waals surface area contributed by atoms with Crippen LogP contribution in [-0.2, 0) is 41.4 Å². The molecule has 11 N–H and O–H groups in total. The van der Waals surface area contributed by atoms with E-state index in [1.165, 1.54) is 23.8 Å². The lowest BCUT2D eigenvalue weighted by Gasteiger charge is -2.25. The van der Waals surface area contributed by atoms with Gasteiger partial charge < -0.3 is 55.9 Å². The molecule has 0 aromatic carbocycles. The maximum absolute atomic E-state index is 13.4. The largest absolute Gasteiger partial charge is 0.472 e. The molecule has 59 heavy (non-hydrogen) atoms. The van der Waals surface area contributed by atoms with Crippen molar-refractivity contribution in [3.05, 3.63) is 68.0 Å². The molecule has 3 aliphatic rings. The molecule has 0 bridgehead atoms. The van der Waals surface area contributed by atoms with E-state index >= 15 is 0 Å². The van der Waals surface area contributed by atoms with Crippen molar-refractivity contribution in [2.24, 2.45) is 0 Å². The van der Waals surface area contributed by atoms with Crippen LogP contribution in [0.5, 0.6) is 0 Å². The molecule has 7 heterocycles. The number of phosphoric acid groups is 2. The van der Waals surface area contributed by atoms with Crippen molar-refractivity contribution in [2.45, 2.75) is 80.9 Å². The van der Waals surface area contributed by atoms with Gasteiger partial charge in [-0.1, -0.05) is 0 Å². The number of phosphoric ester groups is 2. The van der Waals surface area contributed by atoms with Gasteiger partial charge in [0.25, 0.3) is 5.56 Å². The lowest BCUT2D eigenvalue weighted by atomic mass is 10.1. The summed E-state index contributed by atoms with van der Waals surface area (Å²) >= 11 is 0. The van der Waals surface area contributed by atoms with Crippen molar-refractivity contribution >= 4 is 38.4 Å². The molecule has 0 radical (unpaired) electrons. The first-order valence-electron chi connectivity index (χ1n) is 17.4. The minimum atomic E-state index is -5.32. The molecule has 0 spiro atoms. The van der Waals surface area contributed by atoms with Gasteiger partial charge in [0.1, 0.15) is 66.6 Å². The molecule has 7 rings (SSSR count). The zero-order valence-electron chi connectivity index (χ0n) is 30.3. The summed E-state index contributed by atoms with van der Waals surface area (Å²) < 4.78 is 67.5. The molecule has 0 amide bonds. The number of aryl methyl sites for hydroxylation is 1. The molecule has 0 aliphatic carbocycles. The van der Waals surface area contributed by atoms with E-state index in [1.54, 1.807) is 0 Å². The van der Waals surface area contributed by atoms with Crippen molar-refractivity contribution in [3.63, 3.8) is 0 Å². The molecule has 322 valence electrons. The number of aliphatic hydroxyl groups excluding tert-OH is 4. The third-order valence-corrected chi connectivity index (χ3v) is 11.5. The maximum Gasteiger partial charge on any atom is 0.472 e. The fourth-order valence-electron chi connectivity index (χ4n) is 6.66. The van der Waals surface area contributed by atoms with Crippen LogP contribution in [0, 0.1) is 6.92 Å². The van der Waals surface area contributed by atoms with E-state index in [0.717, 1.165) is 28.0 Å². The maximum atomic E-state index is 13.4. The first-order valence-corrected chi connectivity index (χ1v) is 20.4. The summed E-state index contributed by atoms with van der Waals surface area (Å²) in [4.78, 5) is 75.8. The number of ether oxygens (including phenoxy) is 3. The quantitative estimate of drug-likeness (QED) is 0.0550. The number of imidazole rings is 1. The highest BCUT2D eigenvalue weighted by Crippen LogP contribution is 2.52. The highest BCUT2D eigenvalue weighted by molar-refractivity contribution is 7.47. The number of nitrogens with one attached hydrogen (secondary N) is 1. The number of anilines is 2. The summed E-state index contributed by atoms with van der Waals surface area (Å²) in [5, 5.41) is 42.9. The fraction of sp³-hybridized carbons (Fsp3) is 0.552. The molecule has 2 unspecified atom stereocenters. The summed E-state index contributed by atoms with van der Waals surface area (Å²) in [6.07, 6.45) is -13.0. The number of hydrogen-bond donors (Lipinski definition) is 9. The van der Waals surface area contributed by atoms with Gasteiger partial charge in [-0.3, -0.25) is 41.6 Å². The van der Waals surface area contributed by atoms with Crippen molar-refractivity contribution in [1.82, 2.24) is 38.6 Å². The standard InChI is InChI=1S/C29H38N10O18P2/c1-11-5-38(29(46)36-25(11)44)17-4-12(41)14(53-17)7-51-58(47,48)57-22-15(55-27(20(22)43)39-10-34-18-23(31)32-9-33-24(18)39)8-52-59(49,50)56-21-13(6-40)54-26(19(21)42)37-3-2-16(30)35-28(37)45/h2-3,5,9-10,12-15,17,19-22,26-27,40-43H,4,6-8H2,1H3,(H,47,48)(H,49,50)(H2,30,35,45)(H2,31,32,33)(H,36,44,46)/t12-,13+,14+,15+,17+,19+,20+,21+,22+,26+,27+/m0/s1. The van der Waals surface area contributed by atoms with E-state index in [2.05, 4.69) is 24.9 Å². The molecule has 13 atom stereocenters. The molecular formula is C29H38N10O18P2. The van der Waals surface area contributed by atoms with Gasteiger partial charge in [0.2, 0.25) is 0 Å². The number of hydrogen-bond acceptors (Lipinski definition) is 22. The first kappa shape index (κ1) is 42.8. The van der Waals surface area contributed by atoms with Crippen molar-refractivity contribution in [1.29, 1.82) is 0 Å². The predicted molar refractivity (Wildman–Crippen MR) is 191 cm³/mol. The highest BCUT2D eigenvalue weighted by Gasteiger charge is 2.52. The number of fused-ring (bicyclic) bond motifs is 1. The Hall–Kier alpha value is -4.35. The Morgan fingerprint density at radius 1 is 0.881 bits per heavy atom. The summed E-state index contributed by atoms with van der Waals surface area (Å²) in [5.41, 5.74) is 9.28. The van der Waals surface area contributed by atoms with E-state index in [9.17, 15) is 53.7 Å². The second-order valence-electron chi connectivity index (χ2n) is 13.5. The number of nitrogens with two attached hydrogens (primary N) is 2. The molecule has 4 aromatic heterocycles. The molecule has 4 aromatic rings. The van der Waals surface area contributed by atoms with Gasteiger partial charge in [-0.25, -0.2) is 33.7 Å². The normalized spacial score (nSPS) is 31.7. The fourth-order valence-corrected chi connectivity index (χ4v) is 8.58. The van der Waals surface area contributed by atoms with Gasteiger partial charge in [-0.05, 0) is 13.0 Å². The lowest BCUT2D eigenvalue weighted by Crippen LogP contribution is -2.38. The molecular weight excluding hydrogens is 838 g/mol. The van der Waals surface area contributed by atoms with E-state index in [0.29, 0.717) is 0 Å². The SMILES string of the molecule is Cc1cn([C@H]2C[C@H](O)[C@@H](COP(=O)(O)O[C@H]3[C@@H](O)[C@H](n4cnc5c(N)ncnc54)O[C@@H]3COP(=O)(O)O[C@H]3[C@@H](O)[C@H](n4ccc(N)nc4=O)O[C@@H]3CO)O2)c(=O)[nH]c1=O. The van der Waals surface area contributed by atoms with Crippen molar-refractivity contribution in [2.75, 3.05) is 31.3 Å². The highest BCUT2D eigenvalue weighted by atomic mass is 31.2. The van der Waals surface area contributed by atoms with E-state index in [-0.39, 0.29) is 34.8 Å². The van der Waals surface area contributed by atoms with Crippen LogP contribution in [-0.4, -0.2) is 137 Å². The lowest BCUT2D eigenvalue weighted by molar-refractivity contribution is -0.0616. The number of H-pyrrole nitrogens is 1. The van der Waals surface area contributed by atoms with Crippen molar-refractivity contribution in [3.8, 4) is 0 Å². The number of nitrogens with zero attached hydrogens (tertiary/aromatic N) is 7. The summed E-state index contributed by atoms with van der Waals surface area (Å²) in [6, 6.07) is 1.22. The molecule has 3 saturated heterocycles. The summed E-state index contributed by atoms with van der Waals surface area (Å²) in [5.74, 6) is -0.184. The van der Waals surface area contributed by atoms with Crippen LogP contribution in [0.4, 0.5) is 11.6 Å². The van der Waals surface area contributed by atoms with Crippen LogP contribution < -0.4 is 28.4 Å². The zero-order chi connectivity index (χ0) is 42.6. The average Bonchev–Trinajstić information content (AvgIpc) is 3.92. The Bertz CT molecular complexity index is 2470. The minimum Gasteiger partial charge on any atom is -0.394 e. The zero-order valence-corrected chi connectivity index (χ0v) is 32.1. The number of nitrogen functional groups attached to an aromatic ring is 2. The molecule has 28 nitrogen and oxygen atoms in total. The molecule has 30 heteroatoms. The Morgan fingerprint density at radius 3 is 2.17 bits per heavy atom. The van der Waals surface area contributed by atoms with Gasteiger partial charge >= 0.3 is 27.0 Å². The second-order valence-corrected chi connectivity index (χ2v) is 16.3. The average molecular weight is 877 g/mol. The van der Waals surface area contributed by atoms with Crippen LogP contribution in [0.2, 0.25) is 0 Å². The van der Waals surface area contributed by atoms with Crippen LogP contribution in [0.25, 0.3) is 11.2 Å². The first-order chi connectivity index (χ1) is 27.9. The second kappa shape index (κ2) is 16.6. The Morgan fingerprint density at radius 2 is 1.51 bits per heavy atom. The molecule has 0 saturated carbocycles. The third-order valence-electron chi connectivity index (χ3n) is 9.56. The number of aromatic nitrogens is 8. The van der Waals surface area contributed by atoms with Crippen LogP contribution in [0.1, 0.15) is 30.7 Å². The minimum absolute atomic E-state index is 0.0374. The van der Waals surface area contributed by atoms with E-state index in [4.69, 9.17) is 43.8 Å². The Balaban J connectivity index is 1.07. The van der Waals surface area contributed by atoms with Gasteiger partial charge in [0, 0.05) is 24.4 Å². The van der Waals surface area contributed by atoms with Gasteiger partial charge in [0.05, 0.1) is 32.3 Å². The van der Waals surface area contributed by atoms with E-state index in [1.807, 2.05) is 0 Å². The Labute approximate surface area is 328 Å². The molecule has 3 fully saturated rings. The number of aromatic amines is 1. The smallest absolute Gasteiger partial charge is 0.394 e. The van der Waals surface area contributed by atoms with Crippen LogP contribution in [0.3, 0.4) is 0 Å². The third kappa shape index (κ3) is 8.78. The number of aliphatic hydroxyl groups is 4. The van der Waals surface area contributed by atoms with Crippen molar-refractivity contribution < 1.29 is 71.6 Å². The predicted octanol–water partition coefficient (Wildman–Crippen LogP) is -3.73.